The Hall–Kier alpha value is -2.68. The van der Waals surface area contributed by atoms with E-state index in [1.807, 2.05) is 13.8 Å². The number of sulfone groups is 1. The van der Waals surface area contributed by atoms with Gasteiger partial charge in [-0.25, -0.2) is 17.6 Å². The summed E-state index contributed by atoms with van der Waals surface area (Å²) in [4.78, 5) is 17.1. The average Bonchev–Trinajstić information content (AvgIpc) is 2.72. The van der Waals surface area contributed by atoms with Gasteiger partial charge in [0.25, 0.3) is 0 Å². The fourth-order valence-electron chi connectivity index (χ4n) is 3.85. The summed E-state index contributed by atoms with van der Waals surface area (Å²) in [6.45, 7) is 4.76. The molecule has 2 unspecified atom stereocenters. The van der Waals surface area contributed by atoms with Gasteiger partial charge in [-0.05, 0) is 55.0 Å². The van der Waals surface area contributed by atoms with Crippen LogP contribution in [-0.2, 0) is 9.84 Å². The molecular formula is C22H27FN2O5S. The fourth-order valence-corrected chi connectivity index (χ4v) is 4.41. The van der Waals surface area contributed by atoms with Gasteiger partial charge in [0.15, 0.2) is 21.4 Å². The molecule has 1 aromatic carbocycles. The summed E-state index contributed by atoms with van der Waals surface area (Å²) >= 11 is 0. The van der Waals surface area contributed by atoms with Gasteiger partial charge in [0, 0.05) is 30.6 Å². The molecule has 0 aliphatic carbocycles. The molecule has 0 spiro atoms. The van der Waals surface area contributed by atoms with E-state index in [2.05, 4.69) is 4.98 Å². The van der Waals surface area contributed by atoms with Crippen molar-refractivity contribution in [2.24, 2.45) is 11.8 Å². The first-order valence-corrected chi connectivity index (χ1v) is 12.0. The van der Waals surface area contributed by atoms with E-state index >= 15 is 0 Å². The van der Waals surface area contributed by atoms with Crippen molar-refractivity contribution < 1.29 is 27.4 Å². The molecule has 2 atom stereocenters. The first-order chi connectivity index (χ1) is 14.6. The molecule has 2 heterocycles. The minimum atomic E-state index is -3.34. The van der Waals surface area contributed by atoms with Crippen LogP contribution in [0.3, 0.4) is 0 Å². The summed E-state index contributed by atoms with van der Waals surface area (Å²) in [7, 11) is -3.34. The van der Waals surface area contributed by atoms with Crippen LogP contribution in [0.15, 0.2) is 41.4 Å². The lowest BCUT2D eigenvalue weighted by Gasteiger charge is -2.39. The lowest BCUT2D eigenvalue weighted by molar-refractivity contribution is 0.0579. The van der Waals surface area contributed by atoms with Gasteiger partial charge in [-0.3, -0.25) is 4.98 Å². The monoisotopic (exact) mass is 450 g/mol. The fraction of sp³-hybridized carbons (Fsp3) is 0.455. The number of amides is 1. The lowest BCUT2D eigenvalue weighted by Crippen LogP contribution is -2.48. The number of ether oxygens (including phenoxy) is 1. The summed E-state index contributed by atoms with van der Waals surface area (Å²) < 4.78 is 43.4. The van der Waals surface area contributed by atoms with Crippen molar-refractivity contribution in [3.8, 4) is 17.0 Å². The minimum Gasteiger partial charge on any atom is -0.490 e. The van der Waals surface area contributed by atoms with Gasteiger partial charge in [-0.2, -0.15) is 0 Å². The second-order valence-corrected chi connectivity index (χ2v) is 10.3. The topological polar surface area (TPSA) is 96.8 Å². The van der Waals surface area contributed by atoms with E-state index in [1.165, 1.54) is 35.4 Å². The van der Waals surface area contributed by atoms with Gasteiger partial charge < -0.3 is 14.7 Å². The van der Waals surface area contributed by atoms with Crippen LogP contribution in [0, 0.1) is 17.7 Å². The first-order valence-electron chi connectivity index (χ1n) is 10.1. The van der Waals surface area contributed by atoms with Gasteiger partial charge in [0.2, 0.25) is 0 Å². The Labute approximate surface area is 181 Å². The zero-order chi connectivity index (χ0) is 22.8. The second kappa shape index (κ2) is 9.21. The summed E-state index contributed by atoms with van der Waals surface area (Å²) in [5.41, 5.74) is 0.971. The Morgan fingerprint density at radius 3 is 2.61 bits per heavy atom. The highest BCUT2D eigenvalue weighted by atomic mass is 32.2. The number of benzene rings is 1. The maximum Gasteiger partial charge on any atom is 0.407 e. The molecule has 1 N–H and O–H groups in total. The second-order valence-electron chi connectivity index (χ2n) is 8.29. The number of rotatable bonds is 6. The number of nitrogens with zero attached hydrogens (tertiary/aromatic N) is 2. The molecule has 1 saturated heterocycles. The Bertz CT molecular complexity index is 1040. The highest BCUT2D eigenvalue weighted by molar-refractivity contribution is 7.90. The largest absolute Gasteiger partial charge is 0.490 e. The molecule has 0 bridgehead atoms. The highest BCUT2D eigenvalue weighted by Gasteiger charge is 2.33. The van der Waals surface area contributed by atoms with E-state index in [-0.39, 0.29) is 28.5 Å². The zero-order valence-corrected chi connectivity index (χ0v) is 18.6. The van der Waals surface area contributed by atoms with E-state index in [1.54, 1.807) is 6.07 Å². The first kappa shape index (κ1) is 23.0. The van der Waals surface area contributed by atoms with E-state index in [9.17, 15) is 22.7 Å². The van der Waals surface area contributed by atoms with Crippen LogP contribution in [0.25, 0.3) is 11.3 Å². The van der Waals surface area contributed by atoms with Crippen molar-refractivity contribution in [2.75, 3.05) is 19.4 Å². The smallest absolute Gasteiger partial charge is 0.407 e. The Balaban J connectivity index is 1.65. The molecule has 1 aliphatic rings. The lowest BCUT2D eigenvalue weighted by atomic mass is 9.86. The molecule has 1 aliphatic heterocycles. The van der Waals surface area contributed by atoms with E-state index < -0.39 is 21.7 Å². The third kappa shape index (κ3) is 5.52. The van der Waals surface area contributed by atoms with Crippen molar-refractivity contribution in [3.63, 3.8) is 0 Å². The number of aromatic nitrogens is 1. The Kier molecular flexibility index (Phi) is 6.83. The molecule has 7 nitrogen and oxygen atoms in total. The highest BCUT2D eigenvalue weighted by Crippen LogP contribution is 2.30. The molecule has 168 valence electrons. The summed E-state index contributed by atoms with van der Waals surface area (Å²) in [6, 6.07) is 7.41. The van der Waals surface area contributed by atoms with Crippen molar-refractivity contribution in [1.29, 1.82) is 0 Å². The van der Waals surface area contributed by atoms with Crippen LogP contribution >= 0.6 is 0 Å². The number of likely N-dealkylation sites (tertiary alicyclic amines) is 1. The van der Waals surface area contributed by atoms with Crippen LogP contribution in [0.1, 0.15) is 26.7 Å². The molecule has 31 heavy (non-hydrogen) atoms. The van der Waals surface area contributed by atoms with E-state index in [4.69, 9.17) is 4.74 Å². The van der Waals surface area contributed by atoms with Crippen molar-refractivity contribution in [3.05, 3.63) is 42.3 Å². The molecule has 2 aromatic rings. The van der Waals surface area contributed by atoms with Crippen molar-refractivity contribution in [2.45, 2.75) is 37.6 Å². The van der Waals surface area contributed by atoms with E-state index in [0.717, 1.165) is 6.26 Å². The summed E-state index contributed by atoms with van der Waals surface area (Å²) in [6.07, 6.45) is 2.80. The average molecular weight is 451 g/mol. The number of piperidine rings is 1. The Morgan fingerprint density at radius 1 is 1.32 bits per heavy atom. The zero-order valence-electron chi connectivity index (χ0n) is 17.8. The molecular weight excluding hydrogens is 423 g/mol. The molecule has 1 aromatic heterocycles. The Morgan fingerprint density at radius 2 is 2.06 bits per heavy atom. The standard InChI is InChI=1S/C22H27FN2O5S/c1-14(2)20-10-15(8-9-25(20)22(26)27)13-30-21-7-4-16(11-18(21)23)19-6-5-17(12-24-19)31(3,28)29/h4-7,11-12,14-15,20H,8-10,13H2,1-3H3,(H,26,27). The van der Waals surface area contributed by atoms with Crippen LogP contribution in [0.5, 0.6) is 5.75 Å². The number of hydrogen-bond acceptors (Lipinski definition) is 5. The summed E-state index contributed by atoms with van der Waals surface area (Å²) in [5, 5.41) is 9.37. The number of pyridine rings is 1. The molecule has 0 saturated carbocycles. The van der Waals surface area contributed by atoms with Crippen LogP contribution < -0.4 is 4.74 Å². The van der Waals surface area contributed by atoms with Crippen molar-refractivity contribution >= 4 is 15.9 Å². The molecule has 3 rings (SSSR count). The normalized spacial score (nSPS) is 19.5. The maximum atomic E-state index is 14.6. The van der Waals surface area contributed by atoms with Gasteiger partial charge in [-0.1, -0.05) is 13.8 Å². The number of carbonyl (C=O) groups is 1. The van der Waals surface area contributed by atoms with Gasteiger partial charge >= 0.3 is 6.09 Å². The van der Waals surface area contributed by atoms with Crippen molar-refractivity contribution in [1.82, 2.24) is 9.88 Å². The van der Waals surface area contributed by atoms with Crippen LogP contribution in [0.4, 0.5) is 9.18 Å². The summed E-state index contributed by atoms with van der Waals surface area (Å²) in [5.74, 6) is -0.0723. The maximum absolute atomic E-state index is 14.6. The predicted molar refractivity (Wildman–Crippen MR) is 114 cm³/mol. The van der Waals surface area contributed by atoms with Gasteiger partial charge in [-0.15, -0.1) is 0 Å². The van der Waals surface area contributed by atoms with Crippen LogP contribution in [0.2, 0.25) is 0 Å². The minimum absolute atomic E-state index is 0.0759. The van der Waals surface area contributed by atoms with Gasteiger partial charge in [0.05, 0.1) is 17.2 Å². The van der Waals surface area contributed by atoms with Crippen LogP contribution in [-0.4, -0.2) is 55.0 Å². The molecule has 0 radical (unpaired) electrons. The third-order valence-corrected chi connectivity index (χ3v) is 6.73. The number of carboxylic acid groups (broad SMARTS) is 1. The predicted octanol–water partition coefficient (Wildman–Crippen LogP) is 4.08. The number of hydrogen-bond donors (Lipinski definition) is 1. The molecule has 9 heteroatoms. The SMILES string of the molecule is CC(C)C1CC(COc2ccc(-c3ccc(S(C)(=O)=O)cn3)cc2F)CCN1C(=O)O. The van der Waals surface area contributed by atoms with E-state index in [0.29, 0.717) is 37.3 Å². The quantitative estimate of drug-likeness (QED) is 0.712. The number of halogens is 1. The third-order valence-electron chi connectivity index (χ3n) is 5.64. The van der Waals surface area contributed by atoms with Gasteiger partial charge in [0.1, 0.15) is 0 Å². The molecule has 1 amide bonds. The molecule has 1 fully saturated rings.